The van der Waals surface area contributed by atoms with Gasteiger partial charge in [0.05, 0.1) is 0 Å². The average Bonchev–Trinajstić information content (AvgIpc) is 2.40. The second-order valence-electron chi connectivity index (χ2n) is 1.80. The first-order valence-corrected chi connectivity index (χ1v) is 3.87. The van der Waals surface area contributed by atoms with Gasteiger partial charge in [0.25, 0.3) is 0 Å². The number of hydrogen-bond acceptors (Lipinski definition) is 4. The summed E-state index contributed by atoms with van der Waals surface area (Å²) in [5, 5.41) is 29.9. The van der Waals surface area contributed by atoms with Crippen LogP contribution in [0.2, 0.25) is 0 Å². The Labute approximate surface area is 135 Å². The molecule has 0 atom stereocenters. The molecule has 0 spiro atoms. The molecule has 0 bridgehead atoms. The van der Waals surface area contributed by atoms with Crippen molar-refractivity contribution in [3.8, 4) is 49.4 Å². The average molecular weight is 328 g/mol. The van der Waals surface area contributed by atoms with Gasteiger partial charge in [-0.3, -0.25) is 0 Å². The maximum Gasteiger partial charge on any atom is 0.381 e. The van der Waals surface area contributed by atoms with E-state index in [2.05, 4.69) is 25.7 Å². The van der Waals surface area contributed by atoms with Crippen LogP contribution >= 0.6 is 0 Å². The summed E-state index contributed by atoms with van der Waals surface area (Å²) in [5.74, 6) is 0.907. The van der Waals surface area contributed by atoms with Crippen LogP contribution in [0.3, 0.4) is 0 Å². The Morgan fingerprint density at radius 1 is 0.524 bits per heavy atom. The first-order valence-electron chi connectivity index (χ1n) is 3.87. The molecule has 9 heteroatoms. The van der Waals surface area contributed by atoms with Crippen molar-refractivity contribution in [3.63, 3.8) is 0 Å². The minimum Gasteiger partial charge on any atom is -0.472 e. The van der Waals surface area contributed by atoms with E-state index in [0.717, 1.165) is 0 Å². The van der Waals surface area contributed by atoms with Gasteiger partial charge in [-0.1, -0.05) is 0 Å². The number of terminal acetylenes is 4. The van der Waals surface area contributed by atoms with Crippen molar-refractivity contribution in [1.82, 2.24) is 0 Å². The fourth-order valence-corrected chi connectivity index (χ4v) is 0. The van der Waals surface area contributed by atoms with Crippen LogP contribution in [0.1, 0.15) is 0 Å². The summed E-state index contributed by atoms with van der Waals surface area (Å²) in [5.41, 5.74) is 0. The standard InChI is InChI=1S/4C3H2O2.Ti/c4*1-2-3(4)5;/h4*1H,(H,4,5);. The molecule has 0 fully saturated rings. The van der Waals surface area contributed by atoms with E-state index in [0.29, 0.717) is 0 Å². The van der Waals surface area contributed by atoms with Crippen LogP contribution in [0.5, 0.6) is 0 Å². The van der Waals surface area contributed by atoms with E-state index in [1.54, 1.807) is 0 Å². The molecular formula is C12H8O8Ti. The molecule has 0 rings (SSSR count). The van der Waals surface area contributed by atoms with Gasteiger partial charge < -0.3 is 20.4 Å². The van der Waals surface area contributed by atoms with E-state index in [1.165, 1.54) is 23.7 Å². The van der Waals surface area contributed by atoms with Crippen molar-refractivity contribution in [2.45, 2.75) is 0 Å². The molecule has 8 nitrogen and oxygen atoms in total. The Hall–Kier alpha value is -3.17. The van der Waals surface area contributed by atoms with Crippen molar-refractivity contribution in [3.05, 3.63) is 0 Å². The van der Waals surface area contributed by atoms with E-state index in [1.807, 2.05) is 0 Å². The Morgan fingerprint density at radius 3 is 0.571 bits per heavy atom. The molecule has 4 N–H and O–H groups in total. The first-order chi connectivity index (χ1) is 9.08. The molecule has 0 aromatic heterocycles. The summed E-state index contributed by atoms with van der Waals surface area (Å²) >= 11 is 0. The zero-order chi connectivity index (χ0) is 17.1. The summed E-state index contributed by atoms with van der Waals surface area (Å²) in [6.45, 7) is 0. The number of carboxylic acid groups (broad SMARTS) is 4. The molecule has 0 saturated carbocycles. The van der Waals surface area contributed by atoms with Gasteiger partial charge in [-0.15, -0.1) is 25.7 Å². The molecule has 0 aliphatic rings. The minimum atomic E-state index is -1.22. The van der Waals surface area contributed by atoms with Crippen LogP contribution in [-0.4, -0.2) is 44.3 Å². The summed E-state index contributed by atoms with van der Waals surface area (Å²) < 4.78 is 0. The molecule has 0 heterocycles. The van der Waals surface area contributed by atoms with Crippen molar-refractivity contribution >= 4 is 23.9 Å². The van der Waals surface area contributed by atoms with Crippen molar-refractivity contribution < 1.29 is 61.3 Å². The third-order valence-corrected chi connectivity index (χ3v) is 0.494. The van der Waals surface area contributed by atoms with Crippen molar-refractivity contribution in [2.24, 2.45) is 0 Å². The van der Waals surface area contributed by atoms with Gasteiger partial charge in [0.2, 0.25) is 0 Å². The third kappa shape index (κ3) is 159. The van der Waals surface area contributed by atoms with Crippen LogP contribution in [0, 0.1) is 49.4 Å². The largest absolute Gasteiger partial charge is 0.472 e. The van der Waals surface area contributed by atoms with Crippen molar-refractivity contribution in [1.29, 1.82) is 0 Å². The SMILES string of the molecule is C#CC(=O)O.C#CC(=O)O.C#CC(=O)O.C#CC(=O)O.[Ti]. The molecule has 0 saturated heterocycles. The number of carboxylic acids is 4. The Kier molecular flexibility index (Phi) is 37.4. The van der Waals surface area contributed by atoms with E-state index in [4.69, 9.17) is 39.6 Å². The summed E-state index contributed by atoms with van der Waals surface area (Å²) in [6.07, 6.45) is 17.3. The predicted octanol–water partition coefficient (Wildman–Crippen LogP) is -1.19. The van der Waals surface area contributed by atoms with E-state index in [-0.39, 0.29) is 21.7 Å². The van der Waals surface area contributed by atoms with Gasteiger partial charge in [-0.05, 0) is 0 Å². The first kappa shape index (κ1) is 30.7. The fourth-order valence-electron chi connectivity index (χ4n) is 0. The summed E-state index contributed by atoms with van der Waals surface area (Å²) in [7, 11) is 0. The molecule has 0 aliphatic carbocycles. The molecule has 0 aromatic rings. The fraction of sp³-hybridized carbons (Fsp3) is 0. The molecule has 21 heavy (non-hydrogen) atoms. The molecule has 0 amide bonds. The minimum absolute atomic E-state index is 0. The second kappa shape index (κ2) is 25.6. The predicted molar refractivity (Wildman–Crippen MR) is 65.9 cm³/mol. The maximum atomic E-state index is 9.13. The topological polar surface area (TPSA) is 149 Å². The van der Waals surface area contributed by atoms with Gasteiger partial charge >= 0.3 is 23.9 Å². The molecule has 0 aliphatic heterocycles. The van der Waals surface area contributed by atoms with Crippen LogP contribution in [0.15, 0.2) is 0 Å². The normalized spacial score (nSPS) is 5.14. The Bertz CT molecular complexity index is 411. The number of aliphatic carboxylic acids is 4. The maximum absolute atomic E-state index is 9.13. The van der Waals surface area contributed by atoms with Gasteiger partial charge in [-0.2, -0.15) is 0 Å². The Morgan fingerprint density at radius 2 is 0.571 bits per heavy atom. The van der Waals surface area contributed by atoms with Gasteiger partial charge in [0.15, 0.2) is 0 Å². The Balaban J connectivity index is -0.0000000533. The van der Waals surface area contributed by atoms with Crippen LogP contribution < -0.4 is 0 Å². The summed E-state index contributed by atoms with van der Waals surface area (Å²) in [4.78, 5) is 36.5. The van der Waals surface area contributed by atoms with Gasteiger partial charge in [-0.25, -0.2) is 19.2 Å². The van der Waals surface area contributed by atoms with E-state index < -0.39 is 23.9 Å². The second-order valence-corrected chi connectivity index (χ2v) is 1.80. The molecule has 0 radical (unpaired) electrons. The smallest absolute Gasteiger partial charge is 0.381 e. The third-order valence-electron chi connectivity index (χ3n) is 0.494. The van der Waals surface area contributed by atoms with Crippen LogP contribution in [0.4, 0.5) is 0 Å². The zero-order valence-corrected chi connectivity index (χ0v) is 11.8. The van der Waals surface area contributed by atoms with Gasteiger partial charge in [0.1, 0.15) is 0 Å². The summed E-state index contributed by atoms with van der Waals surface area (Å²) in [6, 6.07) is 0. The van der Waals surface area contributed by atoms with Crippen LogP contribution in [0.25, 0.3) is 0 Å². The van der Waals surface area contributed by atoms with E-state index in [9.17, 15) is 0 Å². The quantitative estimate of drug-likeness (QED) is 0.320. The van der Waals surface area contributed by atoms with Crippen LogP contribution in [-0.2, 0) is 40.9 Å². The zero-order valence-electron chi connectivity index (χ0n) is 10.2. The molecular weight excluding hydrogens is 320 g/mol. The molecule has 0 aromatic carbocycles. The monoisotopic (exact) mass is 328 g/mol. The number of rotatable bonds is 0. The van der Waals surface area contributed by atoms with Gasteiger partial charge in [0, 0.05) is 45.4 Å². The molecule has 0 unspecified atom stereocenters. The van der Waals surface area contributed by atoms with E-state index >= 15 is 0 Å². The molecule has 108 valence electrons. The number of hydrogen-bond donors (Lipinski definition) is 4. The number of carbonyl (C=O) groups is 4. The van der Waals surface area contributed by atoms with Crippen molar-refractivity contribution in [2.75, 3.05) is 0 Å².